The first kappa shape index (κ1) is 18.0. The fourth-order valence-electron chi connectivity index (χ4n) is 2.67. The summed E-state index contributed by atoms with van der Waals surface area (Å²) in [5.41, 5.74) is 4.35. The molecule has 0 fully saturated rings. The lowest BCUT2D eigenvalue weighted by Crippen LogP contribution is -2.31. The van der Waals surface area contributed by atoms with E-state index >= 15 is 0 Å². The summed E-state index contributed by atoms with van der Waals surface area (Å²) in [5, 5.41) is 3.24. The summed E-state index contributed by atoms with van der Waals surface area (Å²) < 4.78 is 14.7. The number of fused-ring (bicyclic) bond motifs is 1. The Balaban J connectivity index is 1.78. The molecule has 8 heteroatoms. The number of nitrogens with zero attached hydrogens (tertiary/aromatic N) is 2. The number of thiophene rings is 1. The van der Waals surface area contributed by atoms with Gasteiger partial charge in [-0.25, -0.2) is 14.1 Å². The highest BCUT2D eigenvalue weighted by molar-refractivity contribution is 7.16. The zero-order chi connectivity index (χ0) is 19.0. The normalized spacial score (nSPS) is 11.1. The molecular weight excluding hydrogens is 408 g/mol. The number of nitrogens with one attached hydrogen (secondary N) is 1. The number of rotatable bonds is 4. The van der Waals surface area contributed by atoms with Gasteiger partial charge in [0, 0.05) is 5.56 Å². The Labute approximate surface area is 167 Å². The number of hydrogen-bond acceptors (Lipinski definition) is 4. The number of hydrogen-bond donors (Lipinski definition) is 1. The maximum absolute atomic E-state index is 13.3. The molecule has 0 radical (unpaired) electrons. The first-order chi connectivity index (χ1) is 13.0. The minimum Gasteiger partial charge on any atom is -0.317 e. The summed E-state index contributed by atoms with van der Waals surface area (Å²) in [6.07, 6.45) is 0. The zero-order valence-electron chi connectivity index (χ0n) is 13.7. The largest absolute Gasteiger partial charge is 0.317 e. The fraction of sp³-hybridized carbons (Fsp3) is 0.0526. The second kappa shape index (κ2) is 7.31. The van der Waals surface area contributed by atoms with E-state index in [0.717, 1.165) is 5.56 Å². The molecule has 0 amide bonds. The second-order valence-electron chi connectivity index (χ2n) is 5.81. The van der Waals surface area contributed by atoms with Gasteiger partial charge in [0.05, 0.1) is 22.0 Å². The van der Waals surface area contributed by atoms with E-state index in [1.54, 1.807) is 30.3 Å². The van der Waals surface area contributed by atoms with E-state index in [2.05, 4.69) is 10.4 Å². The molecule has 4 nitrogen and oxygen atoms in total. The monoisotopic (exact) mass is 419 g/mol. The molecule has 2 aromatic heterocycles. The summed E-state index contributed by atoms with van der Waals surface area (Å²) in [7, 11) is 0. The summed E-state index contributed by atoms with van der Waals surface area (Å²) >= 11 is 13.4. The van der Waals surface area contributed by atoms with Crippen LogP contribution in [0.4, 0.5) is 4.39 Å². The van der Waals surface area contributed by atoms with Crippen LogP contribution in [0.15, 0.2) is 58.7 Å². The molecule has 0 saturated heterocycles. The molecule has 4 rings (SSSR count). The average Bonchev–Trinajstić information content (AvgIpc) is 3.13. The van der Waals surface area contributed by atoms with Crippen molar-refractivity contribution in [3.63, 3.8) is 0 Å². The van der Waals surface area contributed by atoms with Gasteiger partial charge in [-0.2, -0.15) is 0 Å². The lowest BCUT2D eigenvalue weighted by molar-refractivity contribution is 0.628. The van der Waals surface area contributed by atoms with Crippen molar-refractivity contribution >= 4 is 44.8 Å². The van der Waals surface area contributed by atoms with Crippen LogP contribution in [0.5, 0.6) is 0 Å². The molecule has 4 aromatic rings. The van der Waals surface area contributed by atoms with Crippen LogP contribution in [0.3, 0.4) is 0 Å². The minimum absolute atomic E-state index is 0.222. The molecule has 1 N–H and O–H groups in total. The van der Waals surface area contributed by atoms with Crippen molar-refractivity contribution in [3.8, 4) is 11.4 Å². The Hall–Kier alpha value is -2.41. The van der Waals surface area contributed by atoms with E-state index in [4.69, 9.17) is 23.2 Å². The molecule has 2 heterocycles. The number of benzene rings is 2. The molecule has 136 valence electrons. The molecule has 0 atom stereocenters. The Morgan fingerprint density at radius 2 is 1.85 bits per heavy atom. The summed E-state index contributed by atoms with van der Waals surface area (Å²) in [5.74, 6) is 0.0589. The highest BCUT2D eigenvalue weighted by atomic mass is 35.5. The lowest BCUT2D eigenvalue weighted by Gasteiger charge is -2.15. The SMILES string of the molecule is O=c1c2ccsc2nc(-c2ccc(F)cc2)n1NCc1ccc(Cl)c(Cl)c1. The van der Waals surface area contributed by atoms with Crippen molar-refractivity contribution in [1.82, 2.24) is 9.66 Å². The fourth-order valence-corrected chi connectivity index (χ4v) is 3.75. The summed E-state index contributed by atoms with van der Waals surface area (Å²) in [6.45, 7) is 0.336. The predicted octanol–water partition coefficient (Wildman–Crippen LogP) is 5.31. The van der Waals surface area contributed by atoms with Gasteiger partial charge in [-0.3, -0.25) is 4.79 Å². The third-order valence-corrected chi connectivity index (χ3v) is 5.57. The second-order valence-corrected chi connectivity index (χ2v) is 7.51. The Morgan fingerprint density at radius 1 is 1.07 bits per heavy atom. The van der Waals surface area contributed by atoms with Crippen LogP contribution >= 0.6 is 34.5 Å². The van der Waals surface area contributed by atoms with Crippen LogP contribution < -0.4 is 11.0 Å². The first-order valence-corrected chi connectivity index (χ1v) is 9.60. The summed E-state index contributed by atoms with van der Waals surface area (Å²) in [6, 6.07) is 12.8. The topological polar surface area (TPSA) is 46.9 Å². The Morgan fingerprint density at radius 3 is 2.59 bits per heavy atom. The molecule has 0 bridgehead atoms. The van der Waals surface area contributed by atoms with Gasteiger partial charge in [0.1, 0.15) is 10.6 Å². The van der Waals surface area contributed by atoms with Crippen molar-refractivity contribution in [2.45, 2.75) is 6.54 Å². The molecule has 0 aliphatic carbocycles. The molecular formula is C19H12Cl2FN3OS. The first-order valence-electron chi connectivity index (χ1n) is 7.97. The van der Waals surface area contributed by atoms with Gasteiger partial charge in [0.15, 0.2) is 5.82 Å². The molecule has 0 aliphatic heterocycles. The van der Waals surface area contributed by atoms with E-state index in [-0.39, 0.29) is 11.4 Å². The average molecular weight is 420 g/mol. The zero-order valence-corrected chi connectivity index (χ0v) is 16.1. The molecule has 27 heavy (non-hydrogen) atoms. The third-order valence-electron chi connectivity index (χ3n) is 4.03. The van der Waals surface area contributed by atoms with Crippen LogP contribution in [0.2, 0.25) is 10.0 Å². The van der Waals surface area contributed by atoms with Crippen LogP contribution in [0, 0.1) is 5.82 Å². The maximum Gasteiger partial charge on any atom is 0.281 e. The van der Waals surface area contributed by atoms with Gasteiger partial charge in [-0.05, 0) is 53.4 Å². The van der Waals surface area contributed by atoms with Crippen LogP contribution in [-0.4, -0.2) is 9.66 Å². The number of halogens is 3. The van der Waals surface area contributed by atoms with Crippen LogP contribution in [0.25, 0.3) is 21.6 Å². The predicted molar refractivity (Wildman–Crippen MR) is 109 cm³/mol. The van der Waals surface area contributed by atoms with Gasteiger partial charge in [-0.15, -0.1) is 11.3 Å². The van der Waals surface area contributed by atoms with E-state index < -0.39 is 0 Å². The molecule has 0 saturated carbocycles. The lowest BCUT2D eigenvalue weighted by atomic mass is 10.2. The van der Waals surface area contributed by atoms with E-state index in [9.17, 15) is 9.18 Å². The van der Waals surface area contributed by atoms with Gasteiger partial charge < -0.3 is 5.43 Å². The Kier molecular flexibility index (Phi) is 4.86. The maximum atomic E-state index is 13.3. The van der Waals surface area contributed by atoms with Gasteiger partial charge in [-0.1, -0.05) is 29.3 Å². The highest BCUT2D eigenvalue weighted by Crippen LogP contribution is 2.24. The molecule has 0 unspecified atom stereocenters. The smallest absolute Gasteiger partial charge is 0.281 e. The van der Waals surface area contributed by atoms with Gasteiger partial charge in [0.25, 0.3) is 5.56 Å². The number of aromatic nitrogens is 2. The Bertz CT molecular complexity index is 1190. The van der Waals surface area contributed by atoms with E-state index in [1.165, 1.54) is 28.1 Å². The molecule has 0 aliphatic rings. The van der Waals surface area contributed by atoms with Crippen molar-refractivity contribution in [2.75, 3.05) is 5.43 Å². The van der Waals surface area contributed by atoms with Crippen LogP contribution in [-0.2, 0) is 6.54 Å². The highest BCUT2D eigenvalue weighted by Gasteiger charge is 2.14. The summed E-state index contributed by atoms with van der Waals surface area (Å²) in [4.78, 5) is 18.2. The molecule has 2 aromatic carbocycles. The van der Waals surface area contributed by atoms with Crippen LogP contribution in [0.1, 0.15) is 5.56 Å². The van der Waals surface area contributed by atoms with Crippen molar-refractivity contribution in [1.29, 1.82) is 0 Å². The van der Waals surface area contributed by atoms with Gasteiger partial charge >= 0.3 is 0 Å². The third kappa shape index (κ3) is 3.56. The van der Waals surface area contributed by atoms with E-state index in [0.29, 0.717) is 38.2 Å². The van der Waals surface area contributed by atoms with Crippen molar-refractivity contribution < 1.29 is 4.39 Å². The molecule has 0 spiro atoms. The minimum atomic E-state index is -0.353. The quantitative estimate of drug-likeness (QED) is 0.487. The van der Waals surface area contributed by atoms with Gasteiger partial charge in [0.2, 0.25) is 0 Å². The standard InChI is InChI=1S/C19H12Cl2FN3OS/c20-15-6-1-11(9-16(15)21)10-23-25-17(12-2-4-13(22)5-3-12)24-18-14(19(25)26)7-8-27-18/h1-9,23H,10H2. The van der Waals surface area contributed by atoms with Crippen molar-refractivity contribution in [2.24, 2.45) is 0 Å². The van der Waals surface area contributed by atoms with E-state index in [1.807, 2.05) is 11.4 Å². The van der Waals surface area contributed by atoms with Crippen molar-refractivity contribution in [3.05, 3.63) is 85.7 Å².